The molecule has 3 heterocycles. The van der Waals surface area contributed by atoms with Crippen molar-refractivity contribution in [3.8, 4) is 22.9 Å². The number of hydrogen-bond donors (Lipinski definition) is 0. The zero-order valence-corrected chi connectivity index (χ0v) is 17.5. The van der Waals surface area contributed by atoms with Crippen LogP contribution in [0.25, 0.3) is 11.4 Å². The molecule has 2 atom stereocenters. The molecule has 0 bridgehead atoms. The summed E-state index contributed by atoms with van der Waals surface area (Å²) in [5.41, 5.74) is 0.783. The lowest BCUT2D eigenvalue weighted by Gasteiger charge is -2.21. The van der Waals surface area contributed by atoms with Crippen LogP contribution in [0, 0.1) is 5.92 Å². The predicted octanol–water partition coefficient (Wildman–Crippen LogP) is 2.86. The molecule has 0 saturated carbocycles. The van der Waals surface area contributed by atoms with Crippen LogP contribution in [-0.2, 0) is 20.8 Å². The van der Waals surface area contributed by atoms with Crippen LogP contribution in [0.1, 0.15) is 20.8 Å². The summed E-state index contributed by atoms with van der Waals surface area (Å²) in [6.45, 7) is 7.11. The Hall–Kier alpha value is -3.23. The second-order valence-electron chi connectivity index (χ2n) is 7.66. The Morgan fingerprint density at radius 1 is 1.27 bits per heavy atom. The zero-order valence-electron chi connectivity index (χ0n) is 17.5. The third kappa shape index (κ3) is 3.55. The number of esters is 1. The zero-order chi connectivity index (χ0) is 21.4. The molecule has 2 aliphatic heterocycles. The maximum atomic E-state index is 12.3. The largest absolute Gasteiger partial charge is 0.491 e. The van der Waals surface area contributed by atoms with Crippen molar-refractivity contribution in [2.24, 2.45) is 5.92 Å². The van der Waals surface area contributed by atoms with E-state index in [-0.39, 0.29) is 18.1 Å². The third-order valence-electron chi connectivity index (χ3n) is 5.32. The van der Waals surface area contributed by atoms with E-state index in [1.807, 2.05) is 16.8 Å². The quantitative estimate of drug-likeness (QED) is 0.694. The van der Waals surface area contributed by atoms with Crippen LogP contribution >= 0.6 is 0 Å². The summed E-state index contributed by atoms with van der Waals surface area (Å²) in [7, 11) is 1.32. The Bertz CT molecular complexity index is 970. The maximum Gasteiger partial charge on any atom is 0.415 e. The summed E-state index contributed by atoms with van der Waals surface area (Å²) in [4.78, 5) is 30.3. The van der Waals surface area contributed by atoms with Gasteiger partial charge in [0.15, 0.2) is 11.9 Å². The topological polar surface area (TPSA) is 92.1 Å². The molecule has 0 aliphatic carbocycles. The van der Waals surface area contributed by atoms with Gasteiger partial charge >= 0.3 is 12.1 Å². The van der Waals surface area contributed by atoms with Crippen molar-refractivity contribution in [1.82, 2.24) is 9.55 Å². The van der Waals surface area contributed by atoms with E-state index in [1.165, 1.54) is 7.11 Å². The van der Waals surface area contributed by atoms with Crippen LogP contribution in [0.5, 0.6) is 11.5 Å². The molecule has 9 nitrogen and oxygen atoms in total. The average molecular weight is 415 g/mol. The van der Waals surface area contributed by atoms with E-state index < -0.39 is 12.1 Å². The van der Waals surface area contributed by atoms with Gasteiger partial charge in [0.1, 0.15) is 30.5 Å². The Balaban J connectivity index is 1.66. The molecular formula is C21H25N3O6. The number of cyclic esters (lactones) is 1. The highest BCUT2D eigenvalue weighted by Crippen LogP contribution is 2.37. The van der Waals surface area contributed by atoms with Crippen molar-refractivity contribution in [1.29, 1.82) is 0 Å². The number of nitrogens with zero attached hydrogens (tertiary/aromatic N) is 3. The maximum absolute atomic E-state index is 12.3. The highest BCUT2D eigenvalue weighted by Gasteiger charge is 2.38. The van der Waals surface area contributed by atoms with E-state index in [2.05, 4.69) is 13.8 Å². The van der Waals surface area contributed by atoms with E-state index in [1.54, 1.807) is 24.0 Å². The Kier molecular flexibility index (Phi) is 5.27. The minimum absolute atomic E-state index is 0.0528. The second kappa shape index (κ2) is 7.89. The molecule has 1 aromatic carbocycles. The van der Waals surface area contributed by atoms with Crippen LogP contribution in [0.4, 0.5) is 10.6 Å². The van der Waals surface area contributed by atoms with Crippen molar-refractivity contribution < 1.29 is 28.5 Å². The number of carbonyl (C=O) groups excluding carboxylic acids is 2. The van der Waals surface area contributed by atoms with Gasteiger partial charge in [-0.2, -0.15) is 0 Å². The fourth-order valence-electron chi connectivity index (χ4n) is 3.65. The van der Waals surface area contributed by atoms with Crippen LogP contribution in [0.2, 0.25) is 0 Å². The van der Waals surface area contributed by atoms with E-state index in [9.17, 15) is 9.59 Å². The molecule has 0 spiro atoms. The number of amides is 1. The first-order valence-corrected chi connectivity index (χ1v) is 9.94. The number of rotatable bonds is 5. The van der Waals surface area contributed by atoms with Gasteiger partial charge in [-0.1, -0.05) is 13.8 Å². The van der Waals surface area contributed by atoms with Gasteiger partial charge in [-0.15, -0.1) is 0 Å². The molecule has 1 amide bonds. The number of methoxy groups -OCH3 is 1. The normalized spacial score (nSPS) is 18.8. The van der Waals surface area contributed by atoms with Crippen LogP contribution < -0.4 is 14.4 Å². The fourth-order valence-corrected chi connectivity index (χ4v) is 3.65. The predicted molar refractivity (Wildman–Crippen MR) is 108 cm³/mol. The van der Waals surface area contributed by atoms with Gasteiger partial charge in [0.25, 0.3) is 0 Å². The number of imidazole rings is 1. The summed E-state index contributed by atoms with van der Waals surface area (Å²) >= 11 is 0. The first-order valence-electron chi connectivity index (χ1n) is 9.94. The van der Waals surface area contributed by atoms with Crippen molar-refractivity contribution in [3.63, 3.8) is 0 Å². The van der Waals surface area contributed by atoms with Gasteiger partial charge in [-0.05, 0) is 25.0 Å². The lowest BCUT2D eigenvalue weighted by atomic mass is 10.1. The SMILES string of the molecule is COC(=O)[C@H](C)Oc1ccc2c(c1)OCCn1cc(N3C(=O)OC[C@H]3C(C)C)nc1-2. The fraction of sp³-hybridized carbons (Fsp3) is 0.476. The molecule has 1 saturated heterocycles. The van der Waals surface area contributed by atoms with E-state index in [0.717, 1.165) is 5.56 Å². The number of hydrogen-bond acceptors (Lipinski definition) is 7. The monoisotopic (exact) mass is 415 g/mol. The number of aromatic nitrogens is 2. The summed E-state index contributed by atoms with van der Waals surface area (Å²) < 4.78 is 23.5. The number of benzene rings is 1. The Labute approximate surface area is 174 Å². The van der Waals surface area contributed by atoms with Crippen LogP contribution in [-0.4, -0.2) is 54.1 Å². The second-order valence-corrected chi connectivity index (χ2v) is 7.66. The highest BCUT2D eigenvalue weighted by molar-refractivity contribution is 5.89. The van der Waals surface area contributed by atoms with Gasteiger partial charge in [0, 0.05) is 12.3 Å². The molecule has 0 unspecified atom stereocenters. The number of carbonyl (C=O) groups is 2. The molecule has 30 heavy (non-hydrogen) atoms. The van der Waals surface area contributed by atoms with Gasteiger partial charge in [0.05, 0.1) is 25.3 Å². The molecule has 2 aromatic rings. The van der Waals surface area contributed by atoms with Crippen LogP contribution in [0.3, 0.4) is 0 Å². The molecule has 1 aromatic heterocycles. The standard InChI is InChI=1S/C21H25N3O6/c1-12(2)16-11-29-21(26)24(16)18-10-23-7-8-28-17-9-14(30-13(3)20(25)27-4)5-6-15(17)19(23)22-18/h5-6,9-10,12-13,16H,7-8,11H2,1-4H3/t13-,16-/m0/s1. The minimum atomic E-state index is -0.735. The lowest BCUT2D eigenvalue weighted by molar-refractivity contribution is -0.147. The molecular weight excluding hydrogens is 390 g/mol. The van der Waals surface area contributed by atoms with E-state index >= 15 is 0 Å². The van der Waals surface area contributed by atoms with Crippen molar-refractivity contribution >= 4 is 17.9 Å². The third-order valence-corrected chi connectivity index (χ3v) is 5.32. The summed E-state index contributed by atoms with van der Waals surface area (Å²) in [5.74, 6) is 2.15. The van der Waals surface area contributed by atoms with Gasteiger partial charge < -0.3 is 23.5 Å². The minimum Gasteiger partial charge on any atom is -0.491 e. The Morgan fingerprint density at radius 3 is 2.80 bits per heavy atom. The first kappa shape index (κ1) is 20.1. The molecule has 160 valence electrons. The molecule has 9 heteroatoms. The lowest BCUT2D eigenvalue weighted by Crippen LogP contribution is -2.37. The molecule has 4 rings (SSSR count). The first-order chi connectivity index (χ1) is 14.4. The van der Waals surface area contributed by atoms with Gasteiger partial charge in [-0.3, -0.25) is 4.90 Å². The summed E-state index contributed by atoms with van der Waals surface area (Å²) in [5, 5.41) is 0. The van der Waals surface area contributed by atoms with Gasteiger partial charge in [-0.25, -0.2) is 14.6 Å². The number of anilines is 1. The van der Waals surface area contributed by atoms with Crippen LogP contribution in [0.15, 0.2) is 24.4 Å². The van der Waals surface area contributed by atoms with Gasteiger partial charge in [0.2, 0.25) is 0 Å². The molecule has 1 fully saturated rings. The van der Waals surface area contributed by atoms with Crippen molar-refractivity contribution in [2.45, 2.75) is 39.5 Å². The highest BCUT2D eigenvalue weighted by atomic mass is 16.6. The molecule has 0 N–H and O–H groups in total. The number of fused-ring (bicyclic) bond motifs is 3. The smallest absolute Gasteiger partial charge is 0.415 e. The van der Waals surface area contributed by atoms with E-state index in [4.69, 9.17) is 23.9 Å². The van der Waals surface area contributed by atoms with Crippen molar-refractivity contribution in [2.75, 3.05) is 25.2 Å². The van der Waals surface area contributed by atoms with Crippen molar-refractivity contribution in [3.05, 3.63) is 24.4 Å². The molecule has 0 radical (unpaired) electrons. The van der Waals surface area contributed by atoms with E-state index in [0.29, 0.717) is 42.9 Å². The summed E-state index contributed by atoms with van der Waals surface area (Å²) in [6.07, 6.45) is 0.750. The summed E-state index contributed by atoms with van der Waals surface area (Å²) in [6, 6.07) is 5.28. The number of ether oxygens (including phenoxy) is 4. The Morgan fingerprint density at radius 2 is 2.07 bits per heavy atom. The average Bonchev–Trinajstić information content (AvgIpc) is 3.26. The molecule has 2 aliphatic rings.